The molecule has 2 N–H and O–H groups in total. The van der Waals surface area contributed by atoms with Crippen LogP contribution in [0.2, 0.25) is 0 Å². The van der Waals surface area contributed by atoms with E-state index in [1.807, 2.05) is 61.5 Å². The molecule has 0 saturated heterocycles. The maximum Gasteiger partial charge on any atom is 0.270 e. The smallest absolute Gasteiger partial charge is 0.270 e. The molecule has 0 aliphatic carbocycles. The maximum absolute atomic E-state index is 12.2. The molecule has 0 radical (unpaired) electrons. The molecule has 1 amide bonds. The lowest BCUT2D eigenvalue weighted by molar-refractivity contribution is 0.0955. The number of H-pyrrole nitrogens is 1. The molecule has 24 heavy (non-hydrogen) atoms. The van der Waals surface area contributed by atoms with E-state index in [0.29, 0.717) is 12.3 Å². The number of carbonyl (C=O) groups excluding carboxylic acids is 1. The highest BCUT2D eigenvalue weighted by molar-refractivity contribution is 6.00. The SMILES string of the molecule is CCOc1ccc(-c2n[nH]c3c2[C@H](c2ccccc2)NC3=O)cc1. The van der Waals surface area contributed by atoms with Crippen molar-refractivity contribution in [2.45, 2.75) is 13.0 Å². The van der Waals surface area contributed by atoms with Crippen LogP contribution in [-0.2, 0) is 0 Å². The van der Waals surface area contributed by atoms with Crippen LogP contribution >= 0.6 is 0 Å². The van der Waals surface area contributed by atoms with Gasteiger partial charge in [-0.15, -0.1) is 0 Å². The third kappa shape index (κ3) is 2.34. The molecule has 1 aliphatic heterocycles. The number of benzene rings is 2. The summed E-state index contributed by atoms with van der Waals surface area (Å²) in [6.45, 7) is 2.59. The van der Waals surface area contributed by atoms with Crippen molar-refractivity contribution in [2.75, 3.05) is 6.61 Å². The quantitative estimate of drug-likeness (QED) is 0.775. The fourth-order valence-electron chi connectivity index (χ4n) is 3.07. The standard InChI is InChI=1S/C19H17N3O2/c1-2-24-14-10-8-13(9-11-14)17-15-16(12-6-4-3-5-7-12)20-19(23)18(15)22-21-17/h3-11,16H,2H2,1H3,(H,20,23)(H,21,22)/t16-/m0/s1. The largest absolute Gasteiger partial charge is 0.494 e. The van der Waals surface area contributed by atoms with E-state index in [1.165, 1.54) is 0 Å². The molecule has 1 atom stereocenters. The second kappa shape index (κ2) is 5.85. The number of ether oxygens (including phenoxy) is 1. The number of nitrogens with one attached hydrogen (secondary N) is 2. The number of aromatic nitrogens is 2. The Morgan fingerprint density at radius 3 is 2.54 bits per heavy atom. The van der Waals surface area contributed by atoms with Crippen molar-refractivity contribution in [3.05, 3.63) is 71.4 Å². The van der Waals surface area contributed by atoms with E-state index in [9.17, 15) is 4.79 Å². The number of rotatable bonds is 4. The van der Waals surface area contributed by atoms with E-state index in [-0.39, 0.29) is 11.9 Å². The Balaban J connectivity index is 1.77. The van der Waals surface area contributed by atoms with Crippen LogP contribution in [0, 0.1) is 0 Å². The predicted molar refractivity (Wildman–Crippen MR) is 90.9 cm³/mol. The molecule has 1 aromatic heterocycles. The highest BCUT2D eigenvalue weighted by atomic mass is 16.5. The van der Waals surface area contributed by atoms with Crippen molar-refractivity contribution in [3.63, 3.8) is 0 Å². The van der Waals surface area contributed by atoms with Crippen LogP contribution in [0.25, 0.3) is 11.3 Å². The van der Waals surface area contributed by atoms with Gasteiger partial charge in [0.2, 0.25) is 0 Å². The summed E-state index contributed by atoms with van der Waals surface area (Å²) in [4.78, 5) is 12.2. The average molecular weight is 319 g/mol. The molecule has 5 nitrogen and oxygen atoms in total. The van der Waals surface area contributed by atoms with Crippen molar-refractivity contribution in [1.29, 1.82) is 0 Å². The lowest BCUT2D eigenvalue weighted by atomic mass is 9.97. The van der Waals surface area contributed by atoms with Gasteiger partial charge in [0.05, 0.1) is 18.3 Å². The Labute approximate surface area is 139 Å². The summed E-state index contributed by atoms with van der Waals surface area (Å²) < 4.78 is 5.48. The third-order valence-electron chi connectivity index (χ3n) is 4.17. The monoisotopic (exact) mass is 319 g/mol. The molecular formula is C19H17N3O2. The number of carbonyl (C=O) groups is 1. The van der Waals surface area contributed by atoms with Crippen molar-refractivity contribution >= 4 is 5.91 Å². The van der Waals surface area contributed by atoms with Crippen molar-refractivity contribution in [1.82, 2.24) is 15.5 Å². The first-order valence-electron chi connectivity index (χ1n) is 7.95. The predicted octanol–water partition coefficient (Wildman–Crippen LogP) is 3.31. The Kier molecular flexibility index (Phi) is 3.54. The minimum Gasteiger partial charge on any atom is -0.494 e. The van der Waals surface area contributed by atoms with Crippen LogP contribution in [-0.4, -0.2) is 22.7 Å². The summed E-state index contributed by atoms with van der Waals surface area (Å²) in [7, 11) is 0. The van der Waals surface area contributed by atoms with E-state index < -0.39 is 0 Å². The van der Waals surface area contributed by atoms with Gasteiger partial charge in [0.15, 0.2) is 0 Å². The molecule has 0 fully saturated rings. The number of hydrogen-bond donors (Lipinski definition) is 2. The number of amides is 1. The fraction of sp³-hybridized carbons (Fsp3) is 0.158. The molecule has 0 unspecified atom stereocenters. The molecule has 1 aliphatic rings. The van der Waals surface area contributed by atoms with Crippen molar-refractivity contribution in [2.24, 2.45) is 0 Å². The normalized spacial score (nSPS) is 15.9. The number of hydrogen-bond acceptors (Lipinski definition) is 3. The molecule has 120 valence electrons. The summed E-state index contributed by atoms with van der Waals surface area (Å²) >= 11 is 0. The van der Waals surface area contributed by atoms with E-state index >= 15 is 0 Å². The highest BCUT2D eigenvalue weighted by Crippen LogP contribution is 2.37. The zero-order valence-electron chi connectivity index (χ0n) is 13.2. The van der Waals surface area contributed by atoms with Gasteiger partial charge >= 0.3 is 0 Å². The lowest BCUT2D eigenvalue weighted by Crippen LogP contribution is -2.21. The topological polar surface area (TPSA) is 67.0 Å². The third-order valence-corrected chi connectivity index (χ3v) is 4.17. The number of aromatic amines is 1. The first kappa shape index (κ1) is 14.5. The van der Waals surface area contributed by atoms with Crippen molar-refractivity contribution in [3.8, 4) is 17.0 Å². The second-order valence-corrected chi connectivity index (χ2v) is 5.64. The van der Waals surface area contributed by atoms with Gasteiger partial charge in [0.1, 0.15) is 11.4 Å². The van der Waals surface area contributed by atoms with E-state index in [1.54, 1.807) is 0 Å². The second-order valence-electron chi connectivity index (χ2n) is 5.64. The average Bonchev–Trinajstić information content (AvgIpc) is 3.18. The zero-order chi connectivity index (χ0) is 16.5. The van der Waals surface area contributed by atoms with Crippen LogP contribution in [0.1, 0.15) is 34.6 Å². The highest BCUT2D eigenvalue weighted by Gasteiger charge is 2.35. The summed E-state index contributed by atoms with van der Waals surface area (Å²) in [5.74, 6) is 0.700. The van der Waals surface area contributed by atoms with E-state index in [4.69, 9.17) is 4.74 Å². The minimum absolute atomic E-state index is 0.122. The number of nitrogens with zero attached hydrogens (tertiary/aromatic N) is 1. The van der Waals surface area contributed by atoms with Gasteiger partial charge in [-0.05, 0) is 36.8 Å². The molecule has 3 aromatic rings. The molecular weight excluding hydrogens is 302 g/mol. The lowest BCUT2D eigenvalue weighted by Gasteiger charge is -2.13. The molecule has 0 saturated carbocycles. The Bertz CT molecular complexity index is 869. The Morgan fingerprint density at radius 1 is 1.08 bits per heavy atom. The maximum atomic E-state index is 12.2. The zero-order valence-corrected chi connectivity index (χ0v) is 13.2. The van der Waals surface area contributed by atoms with Gasteiger partial charge in [0, 0.05) is 11.1 Å². The molecule has 0 bridgehead atoms. The summed E-state index contributed by atoms with van der Waals surface area (Å²) in [5.41, 5.74) is 4.22. The van der Waals surface area contributed by atoms with Crippen LogP contribution in [0.5, 0.6) is 5.75 Å². The molecule has 4 rings (SSSR count). The van der Waals surface area contributed by atoms with Crippen LogP contribution in [0.3, 0.4) is 0 Å². The first-order chi connectivity index (χ1) is 11.8. The van der Waals surface area contributed by atoms with Crippen LogP contribution < -0.4 is 10.1 Å². The first-order valence-corrected chi connectivity index (χ1v) is 7.95. The van der Waals surface area contributed by atoms with Crippen LogP contribution in [0.4, 0.5) is 0 Å². The molecule has 2 aromatic carbocycles. The van der Waals surface area contributed by atoms with E-state index in [0.717, 1.165) is 28.1 Å². The van der Waals surface area contributed by atoms with Gasteiger partial charge in [-0.2, -0.15) is 5.10 Å². The van der Waals surface area contributed by atoms with Crippen LogP contribution in [0.15, 0.2) is 54.6 Å². The Morgan fingerprint density at radius 2 is 1.83 bits per heavy atom. The minimum atomic E-state index is -0.186. The number of fused-ring (bicyclic) bond motifs is 1. The molecule has 0 spiro atoms. The van der Waals surface area contributed by atoms with Gasteiger partial charge < -0.3 is 10.1 Å². The van der Waals surface area contributed by atoms with Gasteiger partial charge in [-0.1, -0.05) is 30.3 Å². The van der Waals surface area contributed by atoms with Crippen molar-refractivity contribution < 1.29 is 9.53 Å². The summed E-state index contributed by atoms with van der Waals surface area (Å²) in [6.07, 6.45) is 0. The molecule has 2 heterocycles. The fourth-order valence-corrected chi connectivity index (χ4v) is 3.07. The van der Waals surface area contributed by atoms with E-state index in [2.05, 4.69) is 15.5 Å². The van der Waals surface area contributed by atoms with Gasteiger partial charge in [-0.25, -0.2) is 0 Å². The van der Waals surface area contributed by atoms with Gasteiger partial charge in [0.25, 0.3) is 5.91 Å². The van der Waals surface area contributed by atoms with Gasteiger partial charge in [-0.3, -0.25) is 9.89 Å². The summed E-state index contributed by atoms with van der Waals surface area (Å²) in [5, 5.41) is 10.3. The Hall–Kier alpha value is -3.08. The summed E-state index contributed by atoms with van der Waals surface area (Å²) in [6, 6.07) is 17.5. The molecule has 5 heteroatoms.